The SMILES string of the molecule is c1ccc(-c2ccc(-c3nc(-c4ccccc4)nc(-c4ccc5ccc6c(c5c4)Oc4ccccc4C64c5ccccc5-c5ccccc54)n3)cc2)cc1. The zero-order valence-electron chi connectivity index (χ0n) is 29.1. The third-order valence-corrected chi connectivity index (χ3v) is 11.0. The number of hydrogen-bond acceptors (Lipinski definition) is 4. The highest BCUT2D eigenvalue weighted by atomic mass is 16.5. The highest BCUT2D eigenvalue weighted by molar-refractivity contribution is 5.97. The lowest BCUT2D eigenvalue weighted by Crippen LogP contribution is -2.32. The number of para-hydroxylation sites is 1. The van der Waals surface area contributed by atoms with E-state index in [2.05, 4.69) is 152 Å². The Balaban J connectivity index is 1.12. The molecule has 0 N–H and O–H groups in total. The Morgan fingerprint density at radius 3 is 1.48 bits per heavy atom. The molecule has 0 saturated carbocycles. The van der Waals surface area contributed by atoms with Crippen molar-refractivity contribution >= 4 is 10.8 Å². The quantitative estimate of drug-likeness (QED) is 0.185. The normalized spacial score (nSPS) is 13.1. The molecule has 54 heavy (non-hydrogen) atoms. The molecule has 0 saturated heterocycles. The molecule has 1 aliphatic carbocycles. The maximum atomic E-state index is 6.98. The van der Waals surface area contributed by atoms with Gasteiger partial charge in [0.15, 0.2) is 17.5 Å². The largest absolute Gasteiger partial charge is 0.456 e. The van der Waals surface area contributed by atoms with E-state index in [9.17, 15) is 0 Å². The van der Waals surface area contributed by atoms with Crippen LogP contribution in [0.3, 0.4) is 0 Å². The molecule has 2 heterocycles. The van der Waals surface area contributed by atoms with Crippen molar-refractivity contribution in [3.05, 3.63) is 210 Å². The van der Waals surface area contributed by atoms with Crippen LogP contribution < -0.4 is 4.74 Å². The van der Waals surface area contributed by atoms with Gasteiger partial charge in [0.25, 0.3) is 0 Å². The molecule has 0 fully saturated rings. The molecule has 9 aromatic rings. The maximum absolute atomic E-state index is 6.98. The van der Waals surface area contributed by atoms with Crippen LogP contribution in [0.1, 0.15) is 22.3 Å². The van der Waals surface area contributed by atoms with E-state index in [1.54, 1.807) is 0 Å². The molecule has 1 aromatic heterocycles. The summed E-state index contributed by atoms with van der Waals surface area (Å²) in [6, 6.07) is 66.0. The van der Waals surface area contributed by atoms with Crippen LogP contribution in [-0.4, -0.2) is 15.0 Å². The number of benzene rings is 8. The molecule has 0 unspecified atom stereocenters. The second-order valence-corrected chi connectivity index (χ2v) is 13.9. The number of rotatable bonds is 4. The molecule has 0 radical (unpaired) electrons. The van der Waals surface area contributed by atoms with E-state index in [1.807, 2.05) is 36.4 Å². The van der Waals surface area contributed by atoms with Gasteiger partial charge in [-0.3, -0.25) is 0 Å². The van der Waals surface area contributed by atoms with Crippen molar-refractivity contribution in [2.75, 3.05) is 0 Å². The highest BCUT2D eigenvalue weighted by Crippen LogP contribution is 2.62. The Labute approximate surface area is 313 Å². The smallest absolute Gasteiger partial charge is 0.164 e. The van der Waals surface area contributed by atoms with E-state index >= 15 is 0 Å². The maximum Gasteiger partial charge on any atom is 0.164 e. The lowest BCUT2D eigenvalue weighted by molar-refractivity contribution is 0.441. The van der Waals surface area contributed by atoms with Gasteiger partial charge in [0.05, 0.1) is 5.41 Å². The number of fused-ring (bicyclic) bond motifs is 11. The molecule has 1 spiro atoms. The molecular formula is C50H31N3O. The molecular weight excluding hydrogens is 659 g/mol. The van der Waals surface area contributed by atoms with Gasteiger partial charge in [-0.2, -0.15) is 0 Å². The Bertz CT molecular complexity index is 2860. The molecule has 4 nitrogen and oxygen atoms in total. The molecule has 1 aliphatic heterocycles. The lowest BCUT2D eigenvalue weighted by atomic mass is 9.66. The van der Waals surface area contributed by atoms with Crippen LogP contribution in [0, 0.1) is 0 Å². The first-order chi connectivity index (χ1) is 26.8. The predicted octanol–water partition coefficient (Wildman–Crippen LogP) is 12.2. The van der Waals surface area contributed by atoms with Crippen LogP contribution in [0.5, 0.6) is 11.5 Å². The number of ether oxygens (including phenoxy) is 1. The van der Waals surface area contributed by atoms with Gasteiger partial charge in [-0.25, -0.2) is 15.0 Å². The fourth-order valence-electron chi connectivity index (χ4n) is 8.57. The summed E-state index contributed by atoms with van der Waals surface area (Å²) in [5.74, 6) is 3.57. The summed E-state index contributed by atoms with van der Waals surface area (Å²) in [6.45, 7) is 0. The van der Waals surface area contributed by atoms with Gasteiger partial charge < -0.3 is 4.74 Å². The van der Waals surface area contributed by atoms with Crippen molar-refractivity contribution in [2.45, 2.75) is 5.41 Å². The predicted molar refractivity (Wildman–Crippen MR) is 216 cm³/mol. The van der Waals surface area contributed by atoms with Gasteiger partial charge in [-0.15, -0.1) is 0 Å². The van der Waals surface area contributed by atoms with Crippen LogP contribution in [0.2, 0.25) is 0 Å². The fourth-order valence-corrected chi connectivity index (χ4v) is 8.57. The molecule has 252 valence electrons. The Morgan fingerprint density at radius 2 is 0.815 bits per heavy atom. The van der Waals surface area contributed by atoms with E-state index in [4.69, 9.17) is 19.7 Å². The summed E-state index contributed by atoms with van der Waals surface area (Å²) in [4.78, 5) is 15.2. The molecule has 0 bridgehead atoms. The summed E-state index contributed by atoms with van der Waals surface area (Å²) >= 11 is 0. The molecule has 0 amide bonds. The van der Waals surface area contributed by atoms with Gasteiger partial charge in [0.2, 0.25) is 0 Å². The minimum Gasteiger partial charge on any atom is -0.456 e. The average Bonchev–Trinajstić information content (AvgIpc) is 3.54. The summed E-state index contributed by atoms with van der Waals surface area (Å²) < 4.78 is 6.98. The molecule has 11 rings (SSSR count). The second-order valence-electron chi connectivity index (χ2n) is 13.9. The molecule has 2 aliphatic rings. The molecule has 8 aromatic carbocycles. The van der Waals surface area contributed by atoms with Crippen LogP contribution in [0.4, 0.5) is 0 Å². The summed E-state index contributed by atoms with van der Waals surface area (Å²) in [7, 11) is 0. The monoisotopic (exact) mass is 689 g/mol. The van der Waals surface area contributed by atoms with Crippen molar-refractivity contribution in [3.63, 3.8) is 0 Å². The van der Waals surface area contributed by atoms with Crippen molar-refractivity contribution in [2.24, 2.45) is 0 Å². The highest BCUT2D eigenvalue weighted by Gasteiger charge is 2.51. The van der Waals surface area contributed by atoms with Gasteiger partial charge in [0, 0.05) is 33.2 Å². The fraction of sp³-hybridized carbons (Fsp3) is 0.0200. The van der Waals surface area contributed by atoms with Crippen molar-refractivity contribution in [3.8, 4) is 67.9 Å². The second kappa shape index (κ2) is 11.9. The first-order valence-corrected chi connectivity index (χ1v) is 18.3. The standard InChI is InChI=1S/C50H31N3O/c1-3-13-32(14-4-1)33-23-26-36(27-24-33)48-51-47(35-15-5-2-6-16-35)52-49(53-48)37-28-25-34-29-30-44-46(40(34)31-37)54-45-22-12-11-21-43(45)50(44)41-19-9-7-17-38(41)39-18-8-10-20-42(39)50/h1-31H. The third-order valence-electron chi connectivity index (χ3n) is 11.0. The van der Waals surface area contributed by atoms with Gasteiger partial charge in [-0.1, -0.05) is 176 Å². The Kier molecular flexibility index (Phi) is 6.73. The zero-order chi connectivity index (χ0) is 35.6. The van der Waals surface area contributed by atoms with E-state index in [-0.39, 0.29) is 0 Å². The number of nitrogens with zero attached hydrogens (tertiary/aromatic N) is 3. The Morgan fingerprint density at radius 1 is 0.352 bits per heavy atom. The van der Waals surface area contributed by atoms with Crippen LogP contribution in [0.25, 0.3) is 67.2 Å². The zero-order valence-corrected chi connectivity index (χ0v) is 29.1. The number of hydrogen-bond donors (Lipinski definition) is 0. The van der Waals surface area contributed by atoms with E-state index in [0.717, 1.165) is 55.7 Å². The van der Waals surface area contributed by atoms with Crippen molar-refractivity contribution < 1.29 is 4.74 Å². The lowest BCUT2D eigenvalue weighted by Gasteiger charge is -2.39. The Hall–Kier alpha value is -7.17. The van der Waals surface area contributed by atoms with Crippen LogP contribution in [0.15, 0.2) is 188 Å². The third kappa shape index (κ3) is 4.53. The molecule has 0 atom stereocenters. The van der Waals surface area contributed by atoms with Crippen LogP contribution >= 0.6 is 0 Å². The van der Waals surface area contributed by atoms with Crippen molar-refractivity contribution in [1.29, 1.82) is 0 Å². The topological polar surface area (TPSA) is 47.9 Å². The summed E-state index contributed by atoms with van der Waals surface area (Å²) in [5.41, 5.74) is 11.9. The minimum absolute atomic E-state index is 0.533. The average molecular weight is 690 g/mol. The van der Waals surface area contributed by atoms with E-state index in [0.29, 0.717) is 17.5 Å². The number of aromatic nitrogens is 3. The van der Waals surface area contributed by atoms with Gasteiger partial charge >= 0.3 is 0 Å². The van der Waals surface area contributed by atoms with Crippen LogP contribution in [-0.2, 0) is 5.41 Å². The van der Waals surface area contributed by atoms with Gasteiger partial charge in [-0.05, 0) is 50.9 Å². The van der Waals surface area contributed by atoms with E-state index < -0.39 is 5.41 Å². The first kappa shape index (κ1) is 30.5. The first-order valence-electron chi connectivity index (χ1n) is 18.3. The van der Waals surface area contributed by atoms with Gasteiger partial charge in [0.1, 0.15) is 11.5 Å². The van der Waals surface area contributed by atoms with Crippen molar-refractivity contribution in [1.82, 2.24) is 15.0 Å². The summed E-state index contributed by atoms with van der Waals surface area (Å²) in [6.07, 6.45) is 0. The molecule has 4 heteroatoms. The van der Waals surface area contributed by atoms with E-state index in [1.165, 1.54) is 27.8 Å². The minimum atomic E-state index is -0.533. The summed E-state index contributed by atoms with van der Waals surface area (Å²) in [5, 5.41) is 2.09.